The molecule has 1 aliphatic heterocycles. The molecular weight excluding hydrogens is 220 g/mol. The summed E-state index contributed by atoms with van der Waals surface area (Å²) in [5.74, 6) is -0.717. The van der Waals surface area contributed by atoms with Gasteiger partial charge >= 0.3 is 5.97 Å². The molecule has 0 bridgehead atoms. The highest BCUT2D eigenvalue weighted by Crippen LogP contribution is 2.36. The molecule has 0 aromatic heterocycles. The molecule has 2 fully saturated rings. The number of hydrogen-bond acceptors (Lipinski definition) is 4. The molecule has 1 aliphatic carbocycles. The van der Waals surface area contributed by atoms with Gasteiger partial charge in [-0.05, 0) is 12.8 Å². The van der Waals surface area contributed by atoms with Crippen LogP contribution in [0.5, 0.6) is 0 Å². The molecule has 1 saturated carbocycles. The number of carboxylic acids is 1. The van der Waals surface area contributed by atoms with Crippen molar-refractivity contribution in [3.63, 3.8) is 0 Å². The summed E-state index contributed by atoms with van der Waals surface area (Å²) in [6.07, 6.45) is 3.44. The largest absolute Gasteiger partial charge is 0.480 e. The molecule has 17 heavy (non-hydrogen) atoms. The third-order valence-corrected chi connectivity index (χ3v) is 4.14. The van der Waals surface area contributed by atoms with Gasteiger partial charge in [-0.2, -0.15) is 0 Å². The van der Waals surface area contributed by atoms with Crippen LogP contribution in [-0.2, 0) is 9.53 Å². The quantitative estimate of drug-likeness (QED) is 0.745. The van der Waals surface area contributed by atoms with Gasteiger partial charge < -0.3 is 15.2 Å². The number of aliphatic carboxylic acids is 1. The van der Waals surface area contributed by atoms with Gasteiger partial charge in [0.05, 0.1) is 6.10 Å². The average Bonchev–Trinajstić information content (AvgIpc) is 2.39. The number of rotatable bonds is 3. The van der Waals surface area contributed by atoms with E-state index in [0.29, 0.717) is 6.42 Å². The topological polar surface area (TPSA) is 61.8 Å². The number of ether oxygens (including phenoxy) is 1. The van der Waals surface area contributed by atoms with Gasteiger partial charge in [-0.3, -0.25) is 9.69 Å². The minimum absolute atomic E-state index is 0.174. The number of methoxy groups -OCH3 is 1. The van der Waals surface area contributed by atoms with Crippen molar-refractivity contribution in [3.8, 4) is 0 Å². The first-order valence-electron chi connectivity index (χ1n) is 6.44. The maximum atomic E-state index is 11.8. The summed E-state index contributed by atoms with van der Waals surface area (Å²) in [6, 6.07) is 0. The molecule has 0 spiro atoms. The van der Waals surface area contributed by atoms with Crippen LogP contribution in [0.15, 0.2) is 0 Å². The third-order valence-electron chi connectivity index (χ3n) is 4.14. The third kappa shape index (κ3) is 2.19. The van der Waals surface area contributed by atoms with Gasteiger partial charge in [0.2, 0.25) is 0 Å². The molecule has 2 rings (SSSR count). The standard InChI is InChI=1S/C12H22N2O3/c1-17-10-4-2-3-5-12(10,11(15)16)14-8-6-13-7-9-14/h10,13H,2-9H2,1H3,(H,15,16). The van der Waals surface area contributed by atoms with Gasteiger partial charge in [-0.25, -0.2) is 0 Å². The SMILES string of the molecule is COC1CCCCC1(C(=O)O)N1CCNCC1. The average molecular weight is 242 g/mol. The first kappa shape index (κ1) is 12.8. The second-order valence-corrected chi connectivity index (χ2v) is 4.94. The lowest BCUT2D eigenvalue weighted by molar-refractivity contribution is -0.168. The maximum Gasteiger partial charge on any atom is 0.326 e. The molecule has 98 valence electrons. The summed E-state index contributed by atoms with van der Waals surface area (Å²) in [5, 5.41) is 13.0. The summed E-state index contributed by atoms with van der Waals surface area (Å²) in [6.45, 7) is 3.33. The summed E-state index contributed by atoms with van der Waals surface area (Å²) in [5.41, 5.74) is -0.797. The molecule has 2 unspecified atom stereocenters. The number of piperazine rings is 1. The Morgan fingerprint density at radius 1 is 1.41 bits per heavy atom. The molecule has 0 aromatic carbocycles. The van der Waals surface area contributed by atoms with E-state index in [1.807, 2.05) is 0 Å². The van der Waals surface area contributed by atoms with Crippen LogP contribution in [0.2, 0.25) is 0 Å². The molecular formula is C12H22N2O3. The summed E-state index contributed by atoms with van der Waals surface area (Å²) < 4.78 is 5.48. The predicted octanol–water partition coefficient (Wildman–Crippen LogP) is 0.304. The van der Waals surface area contributed by atoms with E-state index in [4.69, 9.17) is 4.74 Å². The molecule has 2 aliphatic rings. The van der Waals surface area contributed by atoms with Crippen molar-refractivity contribution in [1.82, 2.24) is 10.2 Å². The number of carboxylic acid groups (broad SMARTS) is 1. The van der Waals surface area contributed by atoms with Gasteiger partial charge in [-0.15, -0.1) is 0 Å². The Hall–Kier alpha value is -0.650. The van der Waals surface area contributed by atoms with Crippen LogP contribution < -0.4 is 5.32 Å². The number of nitrogens with one attached hydrogen (secondary N) is 1. The van der Waals surface area contributed by atoms with Crippen LogP contribution in [0.1, 0.15) is 25.7 Å². The fourth-order valence-corrected chi connectivity index (χ4v) is 3.24. The van der Waals surface area contributed by atoms with Gasteiger partial charge in [0, 0.05) is 33.3 Å². The van der Waals surface area contributed by atoms with Crippen LogP contribution in [0, 0.1) is 0 Å². The molecule has 1 saturated heterocycles. The zero-order chi connectivity index (χ0) is 12.3. The van der Waals surface area contributed by atoms with Crippen molar-refractivity contribution in [1.29, 1.82) is 0 Å². The van der Waals surface area contributed by atoms with Gasteiger partial charge in [0.15, 0.2) is 0 Å². The zero-order valence-electron chi connectivity index (χ0n) is 10.4. The molecule has 5 heteroatoms. The summed E-state index contributed by atoms with van der Waals surface area (Å²) >= 11 is 0. The second-order valence-electron chi connectivity index (χ2n) is 4.94. The Morgan fingerprint density at radius 2 is 2.12 bits per heavy atom. The molecule has 0 amide bonds. The molecule has 0 radical (unpaired) electrons. The van der Waals surface area contributed by atoms with Crippen molar-refractivity contribution < 1.29 is 14.6 Å². The zero-order valence-corrected chi connectivity index (χ0v) is 10.4. The Bertz CT molecular complexity index is 279. The highest BCUT2D eigenvalue weighted by molar-refractivity contribution is 5.80. The molecule has 0 aromatic rings. The van der Waals surface area contributed by atoms with Crippen LogP contribution >= 0.6 is 0 Å². The highest BCUT2D eigenvalue weighted by atomic mass is 16.5. The maximum absolute atomic E-state index is 11.8. The lowest BCUT2D eigenvalue weighted by Crippen LogP contribution is -2.67. The molecule has 2 N–H and O–H groups in total. The van der Waals surface area contributed by atoms with E-state index in [-0.39, 0.29) is 6.10 Å². The normalized spacial score (nSPS) is 35.7. The summed E-state index contributed by atoms with van der Waals surface area (Å²) in [4.78, 5) is 13.9. The van der Waals surface area contributed by atoms with Crippen molar-refractivity contribution in [2.75, 3.05) is 33.3 Å². The first-order valence-corrected chi connectivity index (χ1v) is 6.44. The minimum atomic E-state index is -0.797. The van der Waals surface area contributed by atoms with E-state index < -0.39 is 11.5 Å². The van der Waals surface area contributed by atoms with E-state index in [2.05, 4.69) is 10.2 Å². The Labute approximate surface area is 102 Å². The van der Waals surface area contributed by atoms with Crippen LogP contribution in [-0.4, -0.2) is 60.9 Å². The lowest BCUT2D eigenvalue weighted by atomic mass is 9.77. The van der Waals surface area contributed by atoms with Gasteiger partial charge in [0.1, 0.15) is 5.54 Å². The summed E-state index contributed by atoms with van der Waals surface area (Å²) in [7, 11) is 1.63. The van der Waals surface area contributed by atoms with Crippen molar-refractivity contribution in [2.24, 2.45) is 0 Å². The Kier molecular flexibility index (Phi) is 4.01. The van der Waals surface area contributed by atoms with Crippen LogP contribution in [0.3, 0.4) is 0 Å². The molecule has 2 atom stereocenters. The molecule has 5 nitrogen and oxygen atoms in total. The van der Waals surface area contributed by atoms with Crippen molar-refractivity contribution in [3.05, 3.63) is 0 Å². The van der Waals surface area contributed by atoms with Gasteiger partial charge in [0.25, 0.3) is 0 Å². The smallest absolute Gasteiger partial charge is 0.326 e. The van der Waals surface area contributed by atoms with E-state index >= 15 is 0 Å². The highest BCUT2D eigenvalue weighted by Gasteiger charge is 2.52. The van der Waals surface area contributed by atoms with Crippen molar-refractivity contribution >= 4 is 5.97 Å². The van der Waals surface area contributed by atoms with E-state index in [9.17, 15) is 9.90 Å². The van der Waals surface area contributed by atoms with Crippen LogP contribution in [0.25, 0.3) is 0 Å². The number of carbonyl (C=O) groups is 1. The Balaban J connectivity index is 2.25. The van der Waals surface area contributed by atoms with Crippen molar-refractivity contribution in [2.45, 2.75) is 37.3 Å². The lowest BCUT2D eigenvalue weighted by Gasteiger charge is -2.48. The fourth-order valence-electron chi connectivity index (χ4n) is 3.24. The van der Waals surface area contributed by atoms with Crippen LogP contribution in [0.4, 0.5) is 0 Å². The number of hydrogen-bond donors (Lipinski definition) is 2. The fraction of sp³-hybridized carbons (Fsp3) is 0.917. The van der Waals surface area contributed by atoms with Gasteiger partial charge in [-0.1, -0.05) is 12.8 Å². The van der Waals surface area contributed by atoms with E-state index in [0.717, 1.165) is 45.4 Å². The monoisotopic (exact) mass is 242 g/mol. The predicted molar refractivity (Wildman–Crippen MR) is 64.1 cm³/mol. The Morgan fingerprint density at radius 3 is 2.71 bits per heavy atom. The first-order chi connectivity index (χ1) is 8.21. The minimum Gasteiger partial charge on any atom is -0.480 e. The molecule has 1 heterocycles. The number of nitrogens with zero attached hydrogens (tertiary/aromatic N) is 1. The van der Waals surface area contributed by atoms with E-state index in [1.165, 1.54) is 0 Å². The second kappa shape index (κ2) is 5.33. The van der Waals surface area contributed by atoms with E-state index in [1.54, 1.807) is 7.11 Å².